The maximum Gasteiger partial charge on any atom is 0.0142 e. The molecule has 0 unspecified atom stereocenters. The van der Waals surface area contributed by atoms with Crippen LogP contribution in [-0.2, 0) is 4.94 Å². The molecule has 0 N–H and O–H groups in total. The van der Waals surface area contributed by atoms with Gasteiger partial charge in [0, 0.05) is 28.2 Å². The standard InChI is InChI=1S/C4H12N2O.C4H10/c1-5(2)7-6(3)4;1-3-4-2/h1-4H3;3-4H2,1-2H3. The van der Waals surface area contributed by atoms with Gasteiger partial charge in [-0.15, -0.1) is 0 Å². The zero-order valence-electron chi connectivity index (χ0n) is 8.72. The fourth-order valence-corrected chi connectivity index (χ4v) is 0.327. The van der Waals surface area contributed by atoms with Gasteiger partial charge in [0.15, 0.2) is 0 Å². The summed E-state index contributed by atoms with van der Waals surface area (Å²) in [6.07, 6.45) is 2.64. The Balaban J connectivity index is 0. The van der Waals surface area contributed by atoms with E-state index in [1.807, 2.05) is 28.2 Å². The van der Waals surface area contributed by atoms with Crippen molar-refractivity contribution in [2.45, 2.75) is 26.7 Å². The molecular weight excluding hydrogens is 140 g/mol. The summed E-state index contributed by atoms with van der Waals surface area (Å²) in [5.41, 5.74) is 0. The quantitative estimate of drug-likeness (QED) is 0.588. The van der Waals surface area contributed by atoms with Crippen LogP contribution in [0.4, 0.5) is 0 Å². The molecule has 0 heterocycles. The first-order valence-corrected chi connectivity index (χ1v) is 4.07. The minimum Gasteiger partial charge on any atom is -0.210 e. The van der Waals surface area contributed by atoms with E-state index in [4.69, 9.17) is 4.94 Å². The van der Waals surface area contributed by atoms with Crippen molar-refractivity contribution in [2.75, 3.05) is 28.2 Å². The lowest BCUT2D eigenvalue weighted by atomic mass is 10.4. The van der Waals surface area contributed by atoms with E-state index in [9.17, 15) is 0 Å². The number of hydrogen-bond acceptors (Lipinski definition) is 3. The smallest absolute Gasteiger partial charge is 0.0142 e. The van der Waals surface area contributed by atoms with Gasteiger partial charge in [0.05, 0.1) is 0 Å². The maximum absolute atomic E-state index is 4.92. The molecule has 0 fully saturated rings. The average Bonchev–Trinajstić information content (AvgIpc) is 1.85. The van der Waals surface area contributed by atoms with E-state index >= 15 is 0 Å². The van der Waals surface area contributed by atoms with Crippen LogP contribution in [0.15, 0.2) is 0 Å². The monoisotopic (exact) mass is 162 g/mol. The Morgan fingerprint density at radius 2 is 1.09 bits per heavy atom. The molecule has 0 bridgehead atoms. The summed E-state index contributed by atoms with van der Waals surface area (Å²) in [4.78, 5) is 4.92. The third-order valence-corrected chi connectivity index (χ3v) is 0.827. The molecule has 0 amide bonds. The summed E-state index contributed by atoms with van der Waals surface area (Å²) in [6.45, 7) is 4.36. The molecule has 0 aliphatic rings. The van der Waals surface area contributed by atoms with Crippen LogP contribution >= 0.6 is 0 Å². The minimum absolute atomic E-state index is 1.32. The van der Waals surface area contributed by atoms with Gasteiger partial charge in [-0.25, -0.2) is 4.94 Å². The summed E-state index contributed by atoms with van der Waals surface area (Å²) in [6, 6.07) is 0. The van der Waals surface area contributed by atoms with Crippen LogP contribution in [0.25, 0.3) is 0 Å². The van der Waals surface area contributed by atoms with Crippen LogP contribution in [0, 0.1) is 0 Å². The Hall–Kier alpha value is -0.120. The lowest BCUT2D eigenvalue weighted by molar-refractivity contribution is -0.281. The van der Waals surface area contributed by atoms with Crippen molar-refractivity contribution in [3.63, 3.8) is 0 Å². The second kappa shape index (κ2) is 9.88. The molecular formula is C8H22N2O. The van der Waals surface area contributed by atoms with Gasteiger partial charge < -0.3 is 0 Å². The summed E-state index contributed by atoms with van der Waals surface area (Å²) in [7, 11) is 7.33. The number of hydroxylamine groups is 4. The van der Waals surface area contributed by atoms with Gasteiger partial charge in [-0.3, -0.25) is 0 Å². The van der Waals surface area contributed by atoms with Crippen molar-refractivity contribution >= 4 is 0 Å². The largest absolute Gasteiger partial charge is 0.210 e. The predicted octanol–water partition coefficient (Wildman–Crippen LogP) is 1.76. The highest BCUT2D eigenvalue weighted by Gasteiger charge is 1.87. The minimum atomic E-state index is 1.32. The molecule has 70 valence electrons. The highest BCUT2D eigenvalue weighted by Crippen LogP contribution is 1.78. The van der Waals surface area contributed by atoms with E-state index < -0.39 is 0 Å². The Labute approximate surface area is 70.8 Å². The molecule has 0 aromatic rings. The number of hydrogen-bond donors (Lipinski definition) is 0. The summed E-state index contributed by atoms with van der Waals surface area (Å²) in [5.74, 6) is 0. The topological polar surface area (TPSA) is 15.7 Å². The van der Waals surface area contributed by atoms with Gasteiger partial charge in [0.25, 0.3) is 0 Å². The van der Waals surface area contributed by atoms with Crippen LogP contribution in [0.1, 0.15) is 26.7 Å². The van der Waals surface area contributed by atoms with Crippen molar-refractivity contribution < 1.29 is 4.94 Å². The molecule has 0 radical (unpaired) electrons. The fraction of sp³-hybridized carbons (Fsp3) is 1.00. The van der Waals surface area contributed by atoms with Gasteiger partial charge in [0.1, 0.15) is 0 Å². The predicted molar refractivity (Wildman–Crippen MR) is 49.0 cm³/mol. The third-order valence-electron chi connectivity index (χ3n) is 0.827. The van der Waals surface area contributed by atoms with Crippen molar-refractivity contribution in [1.82, 2.24) is 10.1 Å². The lowest BCUT2D eigenvalue weighted by Gasteiger charge is -2.14. The van der Waals surface area contributed by atoms with E-state index in [1.54, 1.807) is 10.1 Å². The second-order valence-corrected chi connectivity index (χ2v) is 2.71. The van der Waals surface area contributed by atoms with Crippen LogP contribution in [0.5, 0.6) is 0 Å². The van der Waals surface area contributed by atoms with Crippen LogP contribution in [0.3, 0.4) is 0 Å². The fourth-order valence-electron chi connectivity index (χ4n) is 0.327. The number of unbranched alkanes of at least 4 members (excludes halogenated alkanes) is 1. The van der Waals surface area contributed by atoms with E-state index in [1.165, 1.54) is 12.8 Å². The van der Waals surface area contributed by atoms with Crippen molar-refractivity contribution in [3.8, 4) is 0 Å². The Bertz CT molecular complexity index is 57.1. The molecule has 0 aromatic carbocycles. The van der Waals surface area contributed by atoms with Gasteiger partial charge >= 0.3 is 0 Å². The first kappa shape index (κ1) is 13.5. The Kier molecular flexibility index (Phi) is 12.1. The molecule has 3 nitrogen and oxygen atoms in total. The Morgan fingerprint density at radius 1 is 0.818 bits per heavy atom. The molecule has 0 saturated heterocycles. The van der Waals surface area contributed by atoms with Crippen LogP contribution in [-0.4, -0.2) is 38.3 Å². The number of rotatable bonds is 3. The van der Waals surface area contributed by atoms with E-state index in [-0.39, 0.29) is 0 Å². The van der Waals surface area contributed by atoms with Gasteiger partial charge in [0.2, 0.25) is 0 Å². The molecule has 0 saturated carbocycles. The summed E-state index contributed by atoms with van der Waals surface area (Å²) < 4.78 is 0. The second-order valence-electron chi connectivity index (χ2n) is 2.71. The molecule has 0 aliphatic heterocycles. The zero-order chi connectivity index (χ0) is 9.28. The van der Waals surface area contributed by atoms with Gasteiger partial charge in [-0.1, -0.05) is 26.7 Å². The van der Waals surface area contributed by atoms with E-state index in [0.717, 1.165) is 0 Å². The molecule has 11 heavy (non-hydrogen) atoms. The third kappa shape index (κ3) is 25.8. The highest BCUT2D eigenvalue weighted by molar-refractivity contribution is 4.12. The van der Waals surface area contributed by atoms with Crippen LogP contribution in [0.2, 0.25) is 0 Å². The molecule has 0 rings (SSSR count). The van der Waals surface area contributed by atoms with Crippen molar-refractivity contribution in [2.24, 2.45) is 0 Å². The molecule has 0 aliphatic carbocycles. The lowest BCUT2D eigenvalue weighted by Crippen LogP contribution is -2.23. The maximum atomic E-state index is 4.92. The van der Waals surface area contributed by atoms with Crippen LogP contribution < -0.4 is 0 Å². The van der Waals surface area contributed by atoms with E-state index in [0.29, 0.717) is 0 Å². The normalized spacial score (nSPS) is 9.82. The van der Waals surface area contributed by atoms with Crippen molar-refractivity contribution in [3.05, 3.63) is 0 Å². The summed E-state index contributed by atoms with van der Waals surface area (Å²) >= 11 is 0. The highest BCUT2D eigenvalue weighted by atomic mass is 16.8. The Morgan fingerprint density at radius 3 is 1.09 bits per heavy atom. The average molecular weight is 162 g/mol. The van der Waals surface area contributed by atoms with Gasteiger partial charge in [-0.05, 0) is 0 Å². The zero-order valence-corrected chi connectivity index (χ0v) is 8.72. The van der Waals surface area contributed by atoms with Gasteiger partial charge in [-0.2, -0.15) is 10.1 Å². The summed E-state index contributed by atoms with van der Waals surface area (Å²) in [5, 5.41) is 3.25. The number of nitrogens with zero attached hydrogens (tertiary/aromatic N) is 2. The van der Waals surface area contributed by atoms with E-state index in [2.05, 4.69) is 13.8 Å². The first-order chi connectivity index (χ1) is 5.04. The molecule has 0 spiro atoms. The molecule has 0 atom stereocenters. The molecule has 3 heteroatoms. The molecule has 0 aromatic heterocycles. The SMILES string of the molecule is CCCC.CN(C)ON(C)C. The first-order valence-electron chi connectivity index (χ1n) is 4.07. The van der Waals surface area contributed by atoms with Crippen molar-refractivity contribution in [1.29, 1.82) is 0 Å².